The van der Waals surface area contributed by atoms with Gasteiger partial charge in [0.2, 0.25) is 0 Å². The van der Waals surface area contributed by atoms with Crippen LogP contribution in [0.5, 0.6) is 5.75 Å². The Morgan fingerprint density at radius 2 is 2.04 bits per heavy atom. The molecule has 0 aliphatic heterocycles. The molecule has 2 aromatic carbocycles. The van der Waals surface area contributed by atoms with Gasteiger partial charge in [0.05, 0.1) is 18.2 Å². The molecule has 0 bridgehead atoms. The van der Waals surface area contributed by atoms with Crippen molar-refractivity contribution in [2.75, 3.05) is 11.9 Å². The highest BCUT2D eigenvalue weighted by molar-refractivity contribution is 5.80. The average Bonchev–Trinajstić information content (AvgIpc) is 3.49. The van der Waals surface area contributed by atoms with Crippen molar-refractivity contribution in [2.45, 2.75) is 32.2 Å². The van der Waals surface area contributed by atoms with Gasteiger partial charge in [-0.15, -0.1) is 0 Å². The Morgan fingerprint density at radius 1 is 1.31 bits per heavy atom. The van der Waals surface area contributed by atoms with E-state index in [1.807, 2.05) is 25.1 Å². The van der Waals surface area contributed by atoms with Crippen LogP contribution in [0, 0.1) is 17.2 Å². The van der Waals surface area contributed by atoms with Gasteiger partial charge in [-0.1, -0.05) is 13.0 Å². The maximum absolute atomic E-state index is 12.0. The van der Waals surface area contributed by atoms with Crippen molar-refractivity contribution in [1.82, 2.24) is 0 Å². The van der Waals surface area contributed by atoms with Crippen LogP contribution in [0.25, 0.3) is 0 Å². The summed E-state index contributed by atoms with van der Waals surface area (Å²) in [6.45, 7) is 2.66. The number of nitrogens with zero attached hydrogens (tertiary/aromatic N) is 1. The molecule has 1 unspecified atom stereocenters. The van der Waals surface area contributed by atoms with Crippen molar-refractivity contribution in [3.63, 3.8) is 0 Å². The summed E-state index contributed by atoms with van der Waals surface area (Å²) in [5, 5.41) is 21.7. The lowest BCUT2D eigenvalue weighted by Crippen LogP contribution is -2.22. The molecule has 0 saturated heterocycles. The third kappa shape index (κ3) is 4.34. The summed E-state index contributed by atoms with van der Waals surface area (Å²) in [7, 11) is 0. The van der Waals surface area contributed by atoms with E-state index in [4.69, 9.17) is 10.00 Å². The molecule has 1 saturated carbocycles. The van der Waals surface area contributed by atoms with Crippen LogP contribution in [0.3, 0.4) is 0 Å². The zero-order valence-electron chi connectivity index (χ0n) is 14.7. The fourth-order valence-corrected chi connectivity index (χ4v) is 2.75. The molecule has 5 heteroatoms. The Labute approximate surface area is 153 Å². The molecule has 1 fully saturated rings. The van der Waals surface area contributed by atoms with Crippen LogP contribution in [0.4, 0.5) is 5.69 Å². The number of aryl methyl sites for hydroxylation is 1. The van der Waals surface area contributed by atoms with E-state index in [-0.39, 0.29) is 0 Å². The standard InChI is InChI=1S/C21H22N2O3/c1-2-14-7-10-19(26-13-16-3-4-16)18(11-14)20(21(24)25)23-17-8-5-15(12-22)6-9-17/h5-11,16,20,23H,2-4,13H2,1H3,(H,24,25). The van der Waals surface area contributed by atoms with Gasteiger partial charge in [-0.05, 0) is 67.1 Å². The molecule has 2 aromatic rings. The first-order chi connectivity index (χ1) is 12.6. The molecule has 0 aromatic heterocycles. The molecular formula is C21H22N2O3. The van der Waals surface area contributed by atoms with Gasteiger partial charge in [-0.25, -0.2) is 4.79 Å². The van der Waals surface area contributed by atoms with Gasteiger partial charge < -0.3 is 15.2 Å². The van der Waals surface area contributed by atoms with Crippen molar-refractivity contribution < 1.29 is 14.6 Å². The van der Waals surface area contributed by atoms with Crippen molar-refractivity contribution in [3.05, 3.63) is 59.2 Å². The Hall–Kier alpha value is -3.00. The Kier molecular flexibility index (Phi) is 5.43. The number of rotatable bonds is 8. The first-order valence-corrected chi connectivity index (χ1v) is 8.85. The van der Waals surface area contributed by atoms with Crippen molar-refractivity contribution in [1.29, 1.82) is 5.26 Å². The second-order valence-electron chi connectivity index (χ2n) is 6.58. The van der Waals surface area contributed by atoms with Gasteiger partial charge in [-0.3, -0.25) is 0 Å². The van der Waals surface area contributed by atoms with E-state index >= 15 is 0 Å². The minimum atomic E-state index is -0.973. The van der Waals surface area contributed by atoms with E-state index in [1.54, 1.807) is 24.3 Å². The summed E-state index contributed by atoms with van der Waals surface area (Å²) in [5.41, 5.74) is 2.86. The van der Waals surface area contributed by atoms with Crippen LogP contribution >= 0.6 is 0 Å². The number of carboxylic acids is 1. The zero-order chi connectivity index (χ0) is 18.5. The van der Waals surface area contributed by atoms with Crippen LogP contribution in [0.1, 0.15) is 42.5 Å². The molecule has 0 radical (unpaired) electrons. The van der Waals surface area contributed by atoms with Gasteiger partial charge >= 0.3 is 5.97 Å². The molecule has 0 spiro atoms. The van der Waals surface area contributed by atoms with Crippen LogP contribution in [-0.4, -0.2) is 17.7 Å². The highest BCUT2D eigenvalue weighted by atomic mass is 16.5. The number of nitrogens with one attached hydrogen (secondary N) is 1. The van der Waals surface area contributed by atoms with Gasteiger partial charge in [0, 0.05) is 11.3 Å². The third-order valence-corrected chi connectivity index (χ3v) is 4.54. The first kappa shape index (κ1) is 17.8. The molecule has 5 nitrogen and oxygen atoms in total. The largest absolute Gasteiger partial charge is 0.493 e. The summed E-state index contributed by atoms with van der Waals surface area (Å²) < 4.78 is 5.92. The minimum absolute atomic E-state index is 0.531. The highest BCUT2D eigenvalue weighted by Gasteiger charge is 2.26. The van der Waals surface area contributed by atoms with Crippen molar-refractivity contribution in [2.24, 2.45) is 5.92 Å². The molecule has 1 aliphatic carbocycles. The molecule has 0 amide bonds. The maximum Gasteiger partial charge on any atom is 0.330 e. The zero-order valence-corrected chi connectivity index (χ0v) is 14.7. The van der Waals surface area contributed by atoms with Gasteiger partial charge in [0.15, 0.2) is 6.04 Å². The molecule has 26 heavy (non-hydrogen) atoms. The smallest absolute Gasteiger partial charge is 0.330 e. The monoisotopic (exact) mass is 350 g/mol. The highest BCUT2D eigenvalue weighted by Crippen LogP contribution is 2.33. The number of ether oxygens (including phenoxy) is 1. The number of carbonyl (C=O) groups is 1. The van der Waals surface area contributed by atoms with Crippen molar-refractivity contribution in [3.8, 4) is 11.8 Å². The van der Waals surface area contributed by atoms with E-state index in [0.717, 1.165) is 12.0 Å². The Balaban J connectivity index is 1.89. The molecule has 3 rings (SSSR count). The SMILES string of the molecule is CCc1ccc(OCC2CC2)c(C(Nc2ccc(C#N)cc2)C(=O)O)c1. The molecule has 134 valence electrons. The third-order valence-electron chi connectivity index (χ3n) is 4.54. The van der Waals surface area contributed by atoms with Gasteiger partial charge in [0.25, 0.3) is 0 Å². The maximum atomic E-state index is 12.0. The second kappa shape index (κ2) is 7.92. The molecule has 1 atom stereocenters. The lowest BCUT2D eigenvalue weighted by molar-refractivity contribution is -0.138. The molecule has 1 aliphatic rings. The quantitative estimate of drug-likeness (QED) is 0.747. The molecule has 0 heterocycles. The first-order valence-electron chi connectivity index (χ1n) is 8.85. The fraction of sp³-hybridized carbons (Fsp3) is 0.333. The normalized spacial score (nSPS) is 14.3. The van der Waals surface area contributed by atoms with Gasteiger partial charge in [-0.2, -0.15) is 5.26 Å². The average molecular weight is 350 g/mol. The lowest BCUT2D eigenvalue weighted by Gasteiger charge is -2.20. The van der Waals surface area contributed by atoms with Crippen LogP contribution < -0.4 is 10.1 Å². The summed E-state index contributed by atoms with van der Waals surface area (Å²) in [5.74, 6) is 0.227. The van der Waals surface area contributed by atoms with Crippen LogP contribution in [0.15, 0.2) is 42.5 Å². The summed E-state index contributed by atoms with van der Waals surface area (Å²) in [4.78, 5) is 12.0. The van der Waals surface area contributed by atoms with Crippen molar-refractivity contribution >= 4 is 11.7 Å². The lowest BCUT2D eigenvalue weighted by atomic mass is 10.0. The van der Waals surface area contributed by atoms with Gasteiger partial charge in [0.1, 0.15) is 5.75 Å². The number of nitriles is 1. The fourth-order valence-electron chi connectivity index (χ4n) is 2.75. The topological polar surface area (TPSA) is 82.3 Å². The molecular weight excluding hydrogens is 328 g/mol. The predicted molar refractivity (Wildman–Crippen MR) is 99.2 cm³/mol. The summed E-state index contributed by atoms with van der Waals surface area (Å²) >= 11 is 0. The molecule has 2 N–H and O–H groups in total. The Morgan fingerprint density at radius 3 is 2.62 bits per heavy atom. The summed E-state index contributed by atoms with van der Waals surface area (Å²) in [6, 6.07) is 13.6. The number of carboxylic acid groups (broad SMARTS) is 1. The minimum Gasteiger partial charge on any atom is -0.493 e. The number of hydrogen-bond donors (Lipinski definition) is 2. The predicted octanol–water partition coefficient (Wildman–Crippen LogP) is 4.15. The van der Waals surface area contributed by atoms with E-state index in [9.17, 15) is 9.90 Å². The summed E-state index contributed by atoms with van der Waals surface area (Å²) in [6.07, 6.45) is 3.17. The number of benzene rings is 2. The number of aliphatic carboxylic acids is 1. The number of anilines is 1. The van der Waals surface area contributed by atoms with E-state index in [1.165, 1.54) is 12.8 Å². The Bertz CT molecular complexity index is 820. The van der Waals surface area contributed by atoms with Crippen LogP contribution in [-0.2, 0) is 11.2 Å². The number of hydrogen-bond acceptors (Lipinski definition) is 4. The van der Waals surface area contributed by atoms with Crippen LogP contribution in [0.2, 0.25) is 0 Å². The van der Waals surface area contributed by atoms with E-state index in [0.29, 0.717) is 35.1 Å². The second-order valence-corrected chi connectivity index (χ2v) is 6.58. The van der Waals surface area contributed by atoms with E-state index < -0.39 is 12.0 Å². The van der Waals surface area contributed by atoms with E-state index in [2.05, 4.69) is 11.4 Å².